The Labute approximate surface area is 145 Å². The fourth-order valence-electron chi connectivity index (χ4n) is 2.18. The Balaban J connectivity index is 1.77. The van der Waals surface area contributed by atoms with E-state index < -0.39 is 10.0 Å². The third-order valence-corrected chi connectivity index (χ3v) is 4.77. The molecule has 1 amide bonds. The van der Waals surface area contributed by atoms with E-state index in [-0.39, 0.29) is 10.8 Å². The molecule has 25 heavy (non-hydrogen) atoms. The maximum Gasteiger partial charge on any atom is 0.261 e. The predicted octanol–water partition coefficient (Wildman–Crippen LogP) is 3.13. The molecular formula is C18H15N3O3S. The van der Waals surface area contributed by atoms with Gasteiger partial charge in [0.1, 0.15) is 0 Å². The van der Waals surface area contributed by atoms with Gasteiger partial charge >= 0.3 is 0 Å². The molecule has 0 spiro atoms. The maximum absolute atomic E-state index is 12.4. The van der Waals surface area contributed by atoms with Gasteiger partial charge in [-0.2, -0.15) is 0 Å². The van der Waals surface area contributed by atoms with Gasteiger partial charge in [0, 0.05) is 23.6 Å². The van der Waals surface area contributed by atoms with Gasteiger partial charge in [0.15, 0.2) is 0 Å². The van der Waals surface area contributed by atoms with Crippen molar-refractivity contribution in [2.75, 3.05) is 10.0 Å². The molecule has 3 aromatic rings. The fraction of sp³-hybridized carbons (Fsp3) is 0. The molecular weight excluding hydrogens is 338 g/mol. The first-order valence-corrected chi connectivity index (χ1v) is 8.92. The number of anilines is 2. The van der Waals surface area contributed by atoms with E-state index in [4.69, 9.17) is 0 Å². The SMILES string of the molecule is O=C(Nc1cccc(NS(=O)(=O)c2ccccc2)c1)c1ccncc1. The number of carbonyl (C=O) groups excluding carboxylic acids is 1. The van der Waals surface area contributed by atoms with Crippen LogP contribution in [0.3, 0.4) is 0 Å². The van der Waals surface area contributed by atoms with Crippen LogP contribution < -0.4 is 10.0 Å². The molecule has 0 bridgehead atoms. The van der Waals surface area contributed by atoms with Crippen LogP contribution in [0.2, 0.25) is 0 Å². The molecule has 6 nitrogen and oxygen atoms in total. The van der Waals surface area contributed by atoms with E-state index in [0.717, 1.165) is 0 Å². The average Bonchev–Trinajstić information content (AvgIpc) is 2.63. The second-order valence-electron chi connectivity index (χ2n) is 5.19. The summed E-state index contributed by atoms with van der Waals surface area (Å²) in [6.07, 6.45) is 3.05. The van der Waals surface area contributed by atoms with Crippen LogP contribution in [0.4, 0.5) is 11.4 Å². The van der Waals surface area contributed by atoms with Gasteiger partial charge in [-0.1, -0.05) is 24.3 Å². The van der Waals surface area contributed by atoms with Crippen molar-refractivity contribution in [3.8, 4) is 0 Å². The standard InChI is InChI=1S/C18H15N3O3S/c22-18(14-9-11-19-12-10-14)20-15-5-4-6-16(13-15)21-25(23,24)17-7-2-1-3-8-17/h1-13,21H,(H,20,22). The summed E-state index contributed by atoms with van der Waals surface area (Å²) in [5, 5.41) is 2.72. The van der Waals surface area contributed by atoms with E-state index in [1.807, 2.05) is 0 Å². The molecule has 0 aliphatic carbocycles. The Morgan fingerprint density at radius 2 is 1.52 bits per heavy atom. The lowest BCUT2D eigenvalue weighted by molar-refractivity contribution is 0.102. The van der Waals surface area contributed by atoms with Crippen molar-refractivity contribution in [2.45, 2.75) is 4.90 Å². The van der Waals surface area contributed by atoms with E-state index in [2.05, 4.69) is 15.0 Å². The van der Waals surface area contributed by atoms with Gasteiger partial charge < -0.3 is 5.32 Å². The highest BCUT2D eigenvalue weighted by Crippen LogP contribution is 2.20. The first-order chi connectivity index (χ1) is 12.0. The largest absolute Gasteiger partial charge is 0.322 e. The molecule has 0 unspecified atom stereocenters. The van der Waals surface area contributed by atoms with Crippen molar-refractivity contribution in [3.05, 3.63) is 84.7 Å². The molecule has 3 rings (SSSR count). The lowest BCUT2D eigenvalue weighted by Crippen LogP contribution is -2.14. The minimum Gasteiger partial charge on any atom is -0.322 e. The molecule has 1 aromatic heterocycles. The van der Waals surface area contributed by atoms with Crippen LogP contribution in [-0.4, -0.2) is 19.3 Å². The molecule has 0 radical (unpaired) electrons. The van der Waals surface area contributed by atoms with Crippen molar-refractivity contribution in [1.29, 1.82) is 0 Å². The Morgan fingerprint density at radius 1 is 0.840 bits per heavy atom. The van der Waals surface area contributed by atoms with E-state index >= 15 is 0 Å². The Morgan fingerprint density at radius 3 is 2.24 bits per heavy atom. The van der Waals surface area contributed by atoms with Crippen molar-refractivity contribution < 1.29 is 13.2 Å². The average molecular weight is 353 g/mol. The van der Waals surface area contributed by atoms with Gasteiger partial charge in [0.25, 0.3) is 15.9 Å². The van der Waals surface area contributed by atoms with Crippen molar-refractivity contribution >= 4 is 27.3 Å². The fourth-order valence-corrected chi connectivity index (χ4v) is 3.25. The number of benzene rings is 2. The lowest BCUT2D eigenvalue weighted by Gasteiger charge is -2.10. The molecule has 0 atom stereocenters. The zero-order valence-electron chi connectivity index (χ0n) is 13.1. The molecule has 126 valence electrons. The van der Waals surface area contributed by atoms with Crippen LogP contribution in [-0.2, 0) is 10.0 Å². The maximum atomic E-state index is 12.4. The molecule has 0 saturated heterocycles. The summed E-state index contributed by atoms with van der Waals surface area (Å²) in [5.74, 6) is -0.300. The van der Waals surface area contributed by atoms with Crippen molar-refractivity contribution in [3.63, 3.8) is 0 Å². The first kappa shape index (κ1) is 16.7. The normalized spacial score (nSPS) is 10.9. The molecule has 0 aliphatic rings. The summed E-state index contributed by atoms with van der Waals surface area (Å²) >= 11 is 0. The van der Waals surface area contributed by atoms with Crippen LogP contribution in [0.15, 0.2) is 84.0 Å². The van der Waals surface area contributed by atoms with Crippen LogP contribution in [0, 0.1) is 0 Å². The van der Waals surface area contributed by atoms with Crippen molar-refractivity contribution in [2.24, 2.45) is 0 Å². The molecule has 0 aliphatic heterocycles. The third-order valence-electron chi connectivity index (χ3n) is 3.37. The predicted molar refractivity (Wildman–Crippen MR) is 95.9 cm³/mol. The smallest absolute Gasteiger partial charge is 0.261 e. The van der Waals surface area contributed by atoms with E-state index in [1.54, 1.807) is 54.6 Å². The van der Waals surface area contributed by atoms with Crippen LogP contribution in [0.25, 0.3) is 0 Å². The van der Waals surface area contributed by atoms with Crippen LogP contribution >= 0.6 is 0 Å². The number of nitrogens with one attached hydrogen (secondary N) is 2. The molecule has 0 saturated carbocycles. The van der Waals surface area contributed by atoms with Gasteiger partial charge in [0.05, 0.1) is 10.6 Å². The number of sulfonamides is 1. The third kappa shape index (κ3) is 4.21. The Hall–Kier alpha value is -3.19. The second kappa shape index (κ2) is 7.14. The number of nitrogens with zero attached hydrogens (tertiary/aromatic N) is 1. The number of hydrogen-bond donors (Lipinski definition) is 2. The van der Waals surface area contributed by atoms with Gasteiger partial charge in [-0.05, 0) is 42.5 Å². The van der Waals surface area contributed by atoms with Gasteiger partial charge in [-0.25, -0.2) is 8.42 Å². The Bertz CT molecular complexity index is 975. The lowest BCUT2D eigenvalue weighted by atomic mass is 10.2. The summed E-state index contributed by atoms with van der Waals surface area (Å²) in [7, 11) is -3.68. The number of hydrogen-bond acceptors (Lipinski definition) is 4. The van der Waals surface area contributed by atoms with E-state index in [9.17, 15) is 13.2 Å². The van der Waals surface area contributed by atoms with Crippen molar-refractivity contribution in [1.82, 2.24) is 4.98 Å². The molecule has 7 heteroatoms. The second-order valence-corrected chi connectivity index (χ2v) is 6.87. The minimum absolute atomic E-state index is 0.168. The first-order valence-electron chi connectivity index (χ1n) is 7.44. The zero-order chi connectivity index (χ0) is 17.7. The highest BCUT2D eigenvalue weighted by molar-refractivity contribution is 7.92. The monoisotopic (exact) mass is 353 g/mol. The number of pyridine rings is 1. The Kier molecular flexibility index (Phi) is 4.76. The summed E-state index contributed by atoms with van der Waals surface area (Å²) in [6.45, 7) is 0. The molecule has 2 aromatic carbocycles. The molecule has 2 N–H and O–H groups in total. The summed E-state index contributed by atoms with van der Waals surface area (Å²) < 4.78 is 27.2. The highest BCUT2D eigenvalue weighted by atomic mass is 32.2. The van der Waals surface area contributed by atoms with Crippen LogP contribution in [0.5, 0.6) is 0 Å². The van der Waals surface area contributed by atoms with Gasteiger partial charge in [-0.15, -0.1) is 0 Å². The van der Waals surface area contributed by atoms with Crippen LogP contribution in [0.1, 0.15) is 10.4 Å². The van der Waals surface area contributed by atoms with Gasteiger partial charge in [0.2, 0.25) is 0 Å². The van der Waals surface area contributed by atoms with Gasteiger partial charge in [-0.3, -0.25) is 14.5 Å². The summed E-state index contributed by atoms with van der Waals surface area (Å²) in [4.78, 5) is 16.2. The number of carbonyl (C=O) groups is 1. The quantitative estimate of drug-likeness (QED) is 0.737. The van der Waals surface area contributed by atoms with E-state index in [1.165, 1.54) is 24.5 Å². The zero-order valence-corrected chi connectivity index (χ0v) is 13.9. The number of rotatable bonds is 5. The molecule has 0 fully saturated rings. The minimum atomic E-state index is -3.68. The van der Waals surface area contributed by atoms with E-state index in [0.29, 0.717) is 16.9 Å². The highest BCUT2D eigenvalue weighted by Gasteiger charge is 2.14. The number of aromatic nitrogens is 1. The molecule has 1 heterocycles. The summed E-state index contributed by atoms with van der Waals surface area (Å²) in [5.41, 5.74) is 1.30. The number of amides is 1. The topological polar surface area (TPSA) is 88.2 Å². The summed E-state index contributed by atoms with van der Waals surface area (Å²) in [6, 6.07) is 17.8.